The molecule has 3 nitrogen and oxygen atoms in total. The summed E-state index contributed by atoms with van der Waals surface area (Å²) in [6.07, 6.45) is 5.23. The molecule has 1 aromatic rings. The molecular formula is C11H16BrN3. The van der Waals surface area contributed by atoms with Gasteiger partial charge < -0.3 is 5.32 Å². The van der Waals surface area contributed by atoms with Crippen LogP contribution in [0.4, 0.5) is 0 Å². The summed E-state index contributed by atoms with van der Waals surface area (Å²) in [4.78, 5) is 0. The molecule has 2 aliphatic rings. The minimum atomic E-state index is 0.601. The van der Waals surface area contributed by atoms with E-state index in [1.54, 1.807) is 0 Å². The van der Waals surface area contributed by atoms with Crippen LogP contribution in [-0.2, 0) is 0 Å². The molecule has 0 aromatic carbocycles. The first-order valence-corrected chi connectivity index (χ1v) is 6.60. The van der Waals surface area contributed by atoms with E-state index in [4.69, 9.17) is 0 Å². The molecule has 1 aliphatic heterocycles. The van der Waals surface area contributed by atoms with Crippen LogP contribution in [0.1, 0.15) is 48.9 Å². The van der Waals surface area contributed by atoms with Gasteiger partial charge in [0.25, 0.3) is 0 Å². The summed E-state index contributed by atoms with van der Waals surface area (Å²) in [7, 11) is 0. The van der Waals surface area contributed by atoms with E-state index in [0.717, 1.165) is 19.0 Å². The normalized spacial score (nSPS) is 26.9. The Balaban J connectivity index is 1.85. The van der Waals surface area contributed by atoms with Gasteiger partial charge in [-0.05, 0) is 41.7 Å². The summed E-state index contributed by atoms with van der Waals surface area (Å²) in [5.74, 6) is 1.33. The molecular weight excluding hydrogens is 254 g/mol. The van der Waals surface area contributed by atoms with Gasteiger partial charge in [-0.2, -0.15) is 5.10 Å². The van der Waals surface area contributed by atoms with Crippen molar-refractivity contribution >= 4 is 15.9 Å². The fourth-order valence-corrected chi connectivity index (χ4v) is 3.31. The lowest BCUT2D eigenvalue weighted by Gasteiger charge is -2.24. The highest BCUT2D eigenvalue weighted by Gasteiger charge is 2.28. The Morgan fingerprint density at radius 1 is 1.20 bits per heavy atom. The Morgan fingerprint density at radius 3 is 2.67 bits per heavy atom. The Morgan fingerprint density at radius 2 is 2.07 bits per heavy atom. The van der Waals surface area contributed by atoms with E-state index in [1.165, 1.54) is 41.5 Å². The largest absolute Gasteiger partial charge is 0.316 e. The number of aromatic nitrogens is 2. The maximum absolute atomic E-state index is 4.49. The van der Waals surface area contributed by atoms with E-state index in [-0.39, 0.29) is 0 Å². The van der Waals surface area contributed by atoms with E-state index in [9.17, 15) is 0 Å². The summed E-state index contributed by atoms with van der Waals surface area (Å²) < 4.78 is 1.25. The van der Waals surface area contributed by atoms with E-state index >= 15 is 0 Å². The summed E-state index contributed by atoms with van der Waals surface area (Å²) in [5, 5.41) is 11.1. The summed E-state index contributed by atoms with van der Waals surface area (Å²) in [6, 6.07) is 0. The summed E-state index contributed by atoms with van der Waals surface area (Å²) in [5.41, 5.74) is 2.57. The van der Waals surface area contributed by atoms with Crippen molar-refractivity contribution in [2.24, 2.45) is 0 Å². The standard InChI is InChI=1S/C11H16BrN3/c12-9-10(7-2-1-3-7)14-15-11(9)8-4-5-13-6-8/h7-8,13H,1-6H2,(H,14,15). The lowest BCUT2D eigenvalue weighted by atomic mass is 9.83. The predicted molar refractivity (Wildman–Crippen MR) is 63.1 cm³/mol. The second-order valence-corrected chi connectivity index (χ2v) is 5.45. The topological polar surface area (TPSA) is 40.7 Å². The molecule has 0 bridgehead atoms. The second kappa shape index (κ2) is 3.91. The van der Waals surface area contributed by atoms with Gasteiger partial charge in [-0.15, -0.1) is 0 Å². The minimum Gasteiger partial charge on any atom is -0.316 e. The molecule has 1 atom stereocenters. The number of hydrogen-bond donors (Lipinski definition) is 2. The first kappa shape index (κ1) is 9.85. The van der Waals surface area contributed by atoms with Crippen molar-refractivity contribution in [2.45, 2.75) is 37.5 Å². The van der Waals surface area contributed by atoms with E-state index < -0.39 is 0 Å². The molecule has 0 amide bonds. The number of nitrogens with one attached hydrogen (secondary N) is 2. The van der Waals surface area contributed by atoms with Crippen LogP contribution >= 0.6 is 15.9 Å². The van der Waals surface area contributed by atoms with Crippen LogP contribution in [0, 0.1) is 0 Å². The van der Waals surface area contributed by atoms with Gasteiger partial charge in [-0.1, -0.05) is 6.42 Å². The van der Waals surface area contributed by atoms with Crippen LogP contribution in [-0.4, -0.2) is 23.3 Å². The van der Waals surface area contributed by atoms with Gasteiger partial charge in [0.1, 0.15) is 0 Å². The molecule has 1 saturated carbocycles. The fraction of sp³-hybridized carbons (Fsp3) is 0.727. The Kier molecular flexibility index (Phi) is 2.56. The maximum atomic E-state index is 4.49. The third-order valence-corrected chi connectivity index (χ3v) is 4.55. The molecule has 1 aromatic heterocycles. The van der Waals surface area contributed by atoms with Gasteiger partial charge in [0.05, 0.1) is 15.9 Å². The molecule has 1 unspecified atom stereocenters. The molecule has 0 radical (unpaired) electrons. The van der Waals surface area contributed by atoms with E-state index in [1.807, 2.05) is 0 Å². The van der Waals surface area contributed by atoms with Crippen LogP contribution in [0.25, 0.3) is 0 Å². The average molecular weight is 270 g/mol. The van der Waals surface area contributed by atoms with Crippen molar-refractivity contribution in [1.82, 2.24) is 15.5 Å². The zero-order chi connectivity index (χ0) is 10.3. The number of hydrogen-bond acceptors (Lipinski definition) is 2. The van der Waals surface area contributed by atoms with Gasteiger partial charge in [-0.25, -0.2) is 0 Å². The van der Waals surface area contributed by atoms with Gasteiger partial charge in [0, 0.05) is 18.4 Å². The highest BCUT2D eigenvalue weighted by atomic mass is 79.9. The van der Waals surface area contributed by atoms with Crippen LogP contribution in [0.15, 0.2) is 4.47 Å². The van der Waals surface area contributed by atoms with E-state index in [0.29, 0.717) is 5.92 Å². The van der Waals surface area contributed by atoms with Crippen molar-refractivity contribution in [3.05, 3.63) is 15.9 Å². The molecule has 1 aliphatic carbocycles. The summed E-state index contributed by atoms with van der Waals surface area (Å²) in [6.45, 7) is 2.20. The monoisotopic (exact) mass is 269 g/mol. The van der Waals surface area contributed by atoms with Gasteiger partial charge >= 0.3 is 0 Å². The van der Waals surface area contributed by atoms with E-state index in [2.05, 4.69) is 31.4 Å². The lowest BCUT2D eigenvalue weighted by molar-refractivity contribution is 0.409. The molecule has 82 valence electrons. The Bertz CT molecular complexity index is 351. The Labute approximate surface area is 98.2 Å². The SMILES string of the molecule is Brc1c(C2CCNC2)n[nH]c1C1CCC1. The molecule has 1 saturated heterocycles. The van der Waals surface area contributed by atoms with Crippen LogP contribution < -0.4 is 5.32 Å². The fourth-order valence-electron chi connectivity index (χ4n) is 2.48. The van der Waals surface area contributed by atoms with Gasteiger partial charge in [0.2, 0.25) is 0 Å². The molecule has 2 fully saturated rings. The number of halogens is 1. The van der Waals surface area contributed by atoms with Crippen LogP contribution in [0.2, 0.25) is 0 Å². The third kappa shape index (κ3) is 1.64. The highest BCUT2D eigenvalue weighted by Crippen LogP contribution is 2.41. The zero-order valence-electron chi connectivity index (χ0n) is 8.72. The van der Waals surface area contributed by atoms with Crippen molar-refractivity contribution in [1.29, 1.82) is 0 Å². The third-order valence-electron chi connectivity index (χ3n) is 3.72. The first-order valence-electron chi connectivity index (χ1n) is 5.80. The number of H-pyrrole nitrogens is 1. The lowest BCUT2D eigenvalue weighted by Crippen LogP contribution is -2.10. The maximum Gasteiger partial charge on any atom is 0.0811 e. The van der Waals surface area contributed by atoms with Crippen LogP contribution in [0.5, 0.6) is 0 Å². The smallest absolute Gasteiger partial charge is 0.0811 e. The second-order valence-electron chi connectivity index (χ2n) is 4.65. The van der Waals surface area contributed by atoms with Crippen LogP contribution in [0.3, 0.4) is 0 Å². The number of aromatic amines is 1. The molecule has 3 rings (SSSR count). The molecule has 2 heterocycles. The number of rotatable bonds is 2. The molecule has 2 N–H and O–H groups in total. The first-order chi connectivity index (χ1) is 7.36. The van der Waals surface area contributed by atoms with Crippen molar-refractivity contribution in [3.63, 3.8) is 0 Å². The minimum absolute atomic E-state index is 0.601. The Hall–Kier alpha value is -0.350. The summed E-state index contributed by atoms with van der Waals surface area (Å²) >= 11 is 3.72. The zero-order valence-corrected chi connectivity index (χ0v) is 10.3. The van der Waals surface area contributed by atoms with Crippen molar-refractivity contribution in [2.75, 3.05) is 13.1 Å². The predicted octanol–water partition coefficient (Wildman–Crippen LogP) is 2.52. The highest BCUT2D eigenvalue weighted by molar-refractivity contribution is 9.10. The molecule has 4 heteroatoms. The van der Waals surface area contributed by atoms with Gasteiger partial charge in [-0.3, -0.25) is 5.10 Å². The average Bonchev–Trinajstić information content (AvgIpc) is 2.74. The molecule has 0 spiro atoms. The quantitative estimate of drug-likeness (QED) is 0.867. The molecule has 15 heavy (non-hydrogen) atoms. The van der Waals surface area contributed by atoms with Crippen molar-refractivity contribution < 1.29 is 0 Å². The van der Waals surface area contributed by atoms with Gasteiger partial charge in [0.15, 0.2) is 0 Å². The van der Waals surface area contributed by atoms with Crippen molar-refractivity contribution in [3.8, 4) is 0 Å². The number of nitrogens with zero attached hydrogens (tertiary/aromatic N) is 1.